The number of fused-ring (bicyclic) bond motifs is 1. The summed E-state index contributed by atoms with van der Waals surface area (Å²) in [6.45, 7) is 3.18. The Morgan fingerprint density at radius 2 is 1.88 bits per heavy atom. The Kier molecular flexibility index (Phi) is 8.24. The van der Waals surface area contributed by atoms with Crippen molar-refractivity contribution in [2.75, 3.05) is 12.4 Å². The van der Waals surface area contributed by atoms with Gasteiger partial charge in [0, 0.05) is 35.8 Å². The Morgan fingerprint density at radius 3 is 2.56 bits per heavy atom. The topological polar surface area (TPSA) is 148 Å². The second-order valence-corrected chi connectivity index (χ2v) is 11.1. The monoisotopic (exact) mass is 582 g/mol. The van der Waals surface area contributed by atoms with Gasteiger partial charge in [-0.05, 0) is 68.5 Å². The first-order valence-electron chi connectivity index (χ1n) is 14.1. The molecule has 0 saturated heterocycles. The number of aryl methyl sites for hydroxylation is 1. The zero-order valence-corrected chi connectivity index (χ0v) is 24.5. The summed E-state index contributed by atoms with van der Waals surface area (Å²) in [5.74, 6) is -1.51. The van der Waals surface area contributed by atoms with Crippen molar-refractivity contribution in [3.05, 3.63) is 71.7 Å². The highest BCUT2D eigenvalue weighted by atomic mass is 16.5. The molecule has 1 aliphatic carbocycles. The van der Waals surface area contributed by atoms with Crippen LogP contribution in [0.25, 0.3) is 28.4 Å². The first kappa shape index (κ1) is 29.4. The zero-order valence-electron chi connectivity index (χ0n) is 24.5. The summed E-state index contributed by atoms with van der Waals surface area (Å²) in [6, 6.07) is 11.6. The smallest absolute Gasteiger partial charge is 0.328 e. The van der Waals surface area contributed by atoms with Gasteiger partial charge in [0.05, 0.1) is 24.7 Å². The highest BCUT2D eigenvalue weighted by Gasteiger charge is 2.32. The molecule has 3 aromatic heterocycles. The van der Waals surface area contributed by atoms with Gasteiger partial charge < -0.3 is 25.0 Å². The number of carboxylic acids is 1. The van der Waals surface area contributed by atoms with Crippen LogP contribution in [0.1, 0.15) is 67.1 Å². The maximum atomic E-state index is 13.4. The third kappa shape index (κ3) is 6.11. The average Bonchev–Trinajstić information content (AvgIpc) is 3.62. The standard InChI is InChI=1S/C32H34N6O5/c1-32(2,31(42)36-25-18-34-23(14-15-26(39)40)30(35-25)43-4)37-29(41)20-12-13-21-24(17-20)38(3)28(22-11-7-8-16-33-22)27(21)19-9-5-6-10-19/h7-8,11-19H,5-6,9-10H2,1-4H3,(H,37,41)(H,39,40)(H,35,36,42)/b15-14+. The molecule has 4 aromatic rings. The highest BCUT2D eigenvalue weighted by molar-refractivity contribution is 6.05. The van der Waals surface area contributed by atoms with Gasteiger partial charge >= 0.3 is 5.97 Å². The number of anilines is 1. The van der Waals surface area contributed by atoms with Gasteiger partial charge in [0.15, 0.2) is 5.82 Å². The van der Waals surface area contributed by atoms with E-state index in [0.29, 0.717) is 11.5 Å². The fourth-order valence-corrected chi connectivity index (χ4v) is 5.59. The molecule has 222 valence electrons. The van der Waals surface area contributed by atoms with Crippen LogP contribution in [0.3, 0.4) is 0 Å². The van der Waals surface area contributed by atoms with Crippen LogP contribution in [0.4, 0.5) is 5.82 Å². The van der Waals surface area contributed by atoms with Gasteiger partial charge in [-0.1, -0.05) is 25.0 Å². The van der Waals surface area contributed by atoms with E-state index < -0.39 is 23.3 Å². The molecule has 11 nitrogen and oxygen atoms in total. The van der Waals surface area contributed by atoms with Crippen LogP contribution < -0.4 is 15.4 Å². The molecule has 0 spiro atoms. The van der Waals surface area contributed by atoms with Gasteiger partial charge in [-0.15, -0.1) is 0 Å². The number of amides is 2. The van der Waals surface area contributed by atoms with Crippen LogP contribution in [0.15, 0.2) is 54.9 Å². The van der Waals surface area contributed by atoms with Crippen LogP contribution in [0.5, 0.6) is 5.88 Å². The van der Waals surface area contributed by atoms with Crippen LogP contribution in [-0.2, 0) is 16.6 Å². The lowest BCUT2D eigenvalue weighted by Gasteiger charge is -2.25. The van der Waals surface area contributed by atoms with E-state index in [1.54, 1.807) is 26.1 Å². The van der Waals surface area contributed by atoms with E-state index in [1.165, 1.54) is 37.8 Å². The molecule has 1 aliphatic rings. The van der Waals surface area contributed by atoms with E-state index in [4.69, 9.17) is 9.84 Å². The first-order valence-corrected chi connectivity index (χ1v) is 14.1. The molecule has 0 bridgehead atoms. The minimum atomic E-state index is -1.31. The third-order valence-electron chi connectivity index (χ3n) is 7.75. The molecule has 1 saturated carbocycles. The predicted molar refractivity (Wildman–Crippen MR) is 163 cm³/mol. The Labute approximate surface area is 249 Å². The molecule has 11 heteroatoms. The van der Waals surface area contributed by atoms with Crippen LogP contribution in [-0.4, -0.2) is 55.1 Å². The second kappa shape index (κ2) is 12.0. The molecule has 5 rings (SSSR count). The Bertz CT molecular complexity index is 1720. The van der Waals surface area contributed by atoms with Crippen molar-refractivity contribution in [2.24, 2.45) is 7.05 Å². The number of hydrogen-bond donors (Lipinski definition) is 3. The average molecular weight is 583 g/mol. The summed E-state index contributed by atoms with van der Waals surface area (Å²) in [5, 5.41) is 15.4. The molecule has 2 amide bonds. The van der Waals surface area contributed by atoms with Gasteiger partial charge in [0.1, 0.15) is 11.2 Å². The number of aliphatic carboxylic acids is 1. The van der Waals surface area contributed by atoms with Gasteiger partial charge in [0.2, 0.25) is 5.88 Å². The van der Waals surface area contributed by atoms with E-state index in [1.807, 2.05) is 37.4 Å². The summed E-state index contributed by atoms with van der Waals surface area (Å²) in [7, 11) is 3.36. The van der Waals surface area contributed by atoms with Crippen LogP contribution in [0, 0.1) is 0 Å². The lowest BCUT2D eigenvalue weighted by atomic mass is 9.93. The number of nitrogens with one attached hydrogen (secondary N) is 2. The molecule has 0 atom stereocenters. The minimum absolute atomic E-state index is 0.0371. The minimum Gasteiger partial charge on any atom is -0.479 e. The van der Waals surface area contributed by atoms with Gasteiger partial charge in [-0.3, -0.25) is 14.6 Å². The summed E-state index contributed by atoms with van der Waals surface area (Å²) < 4.78 is 7.29. The zero-order chi connectivity index (χ0) is 30.7. The van der Waals surface area contributed by atoms with E-state index in [9.17, 15) is 14.4 Å². The molecule has 0 unspecified atom stereocenters. The summed E-state index contributed by atoms with van der Waals surface area (Å²) in [6.07, 6.45) is 9.88. The number of carboxylic acid groups (broad SMARTS) is 1. The van der Waals surface area contributed by atoms with Crippen molar-refractivity contribution in [1.29, 1.82) is 0 Å². The van der Waals surface area contributed by atoms with Gasteiger partial charge in [0.25, 0.3) is 11.8 Å². The Hall–Kier alpha value is -5.06. The molecule has 0 radical (unpaired) electrons. The second-order valence-electron chi connectivity index (χ2n) is 11.1. The maximum absolute atomic E-state index is 13.4. The molecular weight excluding hydrogens is 548 g/mol. The number of carbonyl (C=O) groups excluding carboxylic acids is 2. The first-order chi connectivity index (χ1) is 20.6. The number of carbonyl (C=O) groups is 3. The molecule has 3 N–H and O–H groups in total. The van der Waals surface area contributed by atoms with Crippen LogP contribution in [0.2, 0.25) is 0 Å². The lowest BCUT2D eigenvalue weighted by molar-refractivity contribution is -0.131. The Balaban J connectivity index is 1.39. The number of benzene rings is 1. The van der Waals surface area contributed by atoms with Crippen LogP contribution >= 0.6 is 0 Å². The molecule has 43 heavy (non-hydrogen) atoms. The number of aromatic nitrogens is 4. The van der Waals surface area contributed by atoms with E-state index in [2.05, 4.69) is 30.2 Å². The summed E-state index contributed by atoms with van der Waals surface area (Å²) >= 11 is 0. The largest absolute Gasteiger partial charge is 0.479 e. The van der Waals surface area contributed by atoms with Crippen molar-refractivity contribution in [1.82, 2.24) is 24.8 Å². The molecule has 1 fully saturated rings. The van der Waals surface area contributed by atoms with Gasteiger partial charge in [-0.2, -0.15) is 4.98 Å². The SMILES string of the molecule is COc1nc(NC(=O)C(C)(C)NC(=O)c2ccc3c(C4CCCC4)c(-c4ccccn4)n(C)c3c2)cnc1/C=C/C(=O)O. The highest BCUT2D eigenvalue weighted by Crippen LogP contribution is 2.44. The number of hydrogen-bond acceptors (Lipinski definition) is 7. The van der Waals surface area contributed by atoms with Crippen molar-refractivity contribution in [2.45, 2.75) is 51.0 Å². The van der Waals surface area contributed by atoms with E-state index >= 15 is 0 Å². The van der Waals surface area contributed by atoms with Crippen molar-refractivity contribution in [3.63, 3.8) is 0 Å². The summed E-state index contributed by atoms with van der Waals surface area (Å²) in [4.78, 5) is 50.4. The molecular formula is C32H34N6O5. The third-order valence-corrected chi connectivity index (χ3v) is 7.75. The van der Waals surface area contributed by atoms with E-state index in [0.717, 1.165) is 41.2 Å². The fraction of sp³-hybridized carbons (Fsp3) is 0.312. The maximum Gasteiger partial charge on any atom is 0.328 e. The number of ether oxygens (including phenoxy) is 1. The number of nitrogens with zero attached hydrogens (tertiary/aromatic N) is 4. The molecule has 3 heterocycles. The normalized spacial score (nSPS) is 13.9. The number of pyridine rings is 1. The van der Waals surface area contributed by atoms with Gasteiger partial charge in [-0.25, -0.2) is 9.78 Å². The number of rotatable bonds is 9. The van der Waals surface area contributed by atoms with Crippen molar-refractivity contribution in [3.8, 4) is 17.3 Å². The molecule has 1 aromatic carbocycles. The fourth-order valence-electron chi connectivity index (χ4n) is 5.59. The van der Waals surface area contributed by atoms with Crippen molar-refractivity contribution >= 4 is 40.6 Å². The number of methoxy groups -OCH3 is 1. The summed E-state index contributed by atoms with van der Waals surface area (Å²) in [5.41, 5.74) is 3.48. The predicted octanol–water partition coefficient (Wildman–Crippen LogP) is 4.94. The van der Waals surface area contributed by atoms with Crippen molar-refractivity contribution < 1.29 is 24.2 Å². The lowest BCUT2D eigenvalue weighted by Crippen LogP contribution is -2.52. The Morgan fingerprint density at radius 1 is 1.12 bits per heavy atom. The molecule has 0 aliphatic heterocycles. The van der Waals surface area contributed by atoms with E-state index in [-0.39, 0.29) is 17.4 Å². The quantitative estimate of drug-likeness (QED) is 0.235.